The molecular formula is C36H42F3N5O6S. The quantitative estimate of drug-likeness (QED) is 0.345. The highest BCUT2D eigenvalue weighted by molar-refractivity contribution is 7.87. The zero-order valence-corrected chi connectivity index (χ0v) is 29.3. The summed E-state index contributed by atoms with van der Waals surface area (Å²) in [5.41, 5.74) is 3.68. The third-order valence-corrected chi connectivity index (χ3v) is 12.3. The number of alkyl halides is 3. The number of halogens is 3. The van der Waals surface area contributed by atoms with Gasteiger partial charge in [-0.25, -0.2) is 4.31 Å². The van der Waals surface area contributed by atoms with Gasteiger partial charge in [-0.15, -0.1) is 0 Å². The smallest absolute Gasteiger partial charge is 0.401 e. The molecule has 3 aromatic rings. The van der Waals surface area contributed by atoms with E-state index in [1.807, 2.05) is 28.8 Å². The lowest BCUT2D eigenvalue weighted by Crippen LogP contribution is -2.54. The number of rotatable bonds is 7. The normalized spacial score (nSPS) is 19.6. The van der Waals surface area contributed by atoms with Crippen molar-refractivity contribution < 1.29 is 40.7 Å². The fourth-order valence-electron chi connectivity index (χ4n) is 7.70. The van der Waals surface area contributed by atoms with Crippen molar-refractivity contribution in [3.8, 4) is 17.0 Å². The predicted octanol–water partition coefficient (Wildman–Crippen LogP) is 4.77. The third kappa shape index (κ3) is 7.26. The molecule has 11 nitrogen and oxygen atoms in total. The maximum Gasteiger partial charge on any atom is 0.401 e. The van der Waals surface area contributed by atoms with E-state index in [1.165, 1.54) is 9.21 Å². The Morgan fingerprint density at radius 3 is 2.35 bits per heavy atom. The van der Waals surface area contributed by atoms with Crippen molar-refractivity contribution in [3.05, 3.63) is 59.2 Å². The Morgan fingerprint density at radius 1 is 0.941 bits per heavy atom. The van der Waals surface area contributed by atoms with Gasteiger partial charge in [0.05, 0.1) is 39.1 Å². The van der Waals surface area contributed by atoms with Crippen molar-refractivity contribution in [1.29, 1.82) is 0 Å². The molecule has 1 aliphatic carbocycles. The molecule has 1 aromatic heterocycles. The van der Waals surface area contributed by atoms with Crippen LogP contribution in [0, 0.1) is 0 Å². The molecule has 0 bridgehead atoms. The van der Waals surface area contributed by atoms with Gasteiger partial charge < -0.3 is 18.9 Å². The van der Waals surface area contributed by atoms with E-state index in [0.29, 0.717) is 29.7 Å². The van der Waals surface area contributed by atoms with Crippen molar-refractivity contribution >= 4 is 39.0 Å². The molecule has 2 saturated heterocycles. The molecule has 0 radical (unpaired) electrons. The third-order valence-electron chi connectivity index (χ3n) is 10.3. The van der Waals surface area contributed by atoms with E-state index < -0.39 is 34.9 Å². The van der Waals surface area contributed by atoms with Gasteiger partial charge in [0.15, 0.2) is 0 Å². The van der Waals surface area contributed by atoms with Crippen LogP contribution in [0.15, 0.2) is 48.0 Å². The molecule has 4 heterocycles. The topological polar surface area (TPSA) is 105 Å². The van der Waals surface area contributed by atoms with Crippen LogP contribution < -0.4 is 4.74 Å². The SMILES string of the molecule is COc1ccc2c(c1)C=C(C(=O)N1CCN(CC(F)(F)F)CC1)Cn1c-2cc2ccc(C(=O)N(C3CCCCC3)S(=O)(=O)N3CCOCC3)cc21. The first-order chi connectivity index (χ1) is 24.4. The standard InChI is InChI=1S/C36H42F3N5O6S/c1-49-30-9-10-31-27(20-30)19-28(34(45)41-13-11-40(12-14-41)24-36(37,38)39)23-43-32-22-26(8-7-25(32)21-33(31)43)35(46)44(29-5-3-2-4-6-29)51(47,48)42-15-17-50-18-16-42/h7-10,19-22,29H,2-6,11-18,23-24H2,1H3. The number of ether oxygens (including phenoxy) is 2. The molecule has 2 amide bonds. The van der Waals surface area contributed by atoms with Crippen LogP contribution in [-0.2, 0) is 26.3 Å². The minimum Gasteiger partial charge on any atom is -0.497 e. The molecular weight excluding hydrogens is 687 g/mol. The number of morpholine rings is 1. The Bertz CT molecular complexity index is 1940. The monoisotopic (exact) mass is 729 g/mol. The zero-order valence-electron chi connectivity index (χ0n) is 28.5. The van der Waals surface area contributed by atoms with Crippen LogP contribution in [0.25, 0.3) is 28.2 Å². The lowest BCUT2D eigenvalue weighted by atomic mass is 9.95. The molecule has 7 rings (SSSR count). The number of benzene rings is 2. The van der Waals surface area contributed by atoms with Gasteiger partial charge in [-0.3, -0.25) is 14.5 Å². The van der Waals surface area contributed by atoms with E-state index in [9.17, 15) is 31.2 Å². The summed E-state index contributed by atoms with van der Waals surface area (Å²) in [6, 6.07) is 12.3. The summed E-state index contributed by atoms with van der Waals surface area (Å²) < 4.78 is 82.5. The first kappa shape index (κ1) is 35.5. The van der Waals surface area contributed by atoms with Crippen LogP contribution in [0.3, 0.4) is 0 Å². The molecule has 0 unspecified atom stereocenters. The van der Waals surface area contributed by atoms with Gasteiger partial charge in [-0.05, 0) is 60.9 Å². The number of amides is 2. The van der Waals surface area contributed by atoms with Crippen molar-refractivity contribution in [2.24, 2.45) is 0 Å². The van der Waals surface area contributed by atoms with Crippen LogP contribution in [0.4, 0.5) is 13.2 Å². The summed E-state index contributed by atoms with van der Waals surface area (Å²) in [5, 5.41) is 0.804. The van der Waals surface area contributed by atoms with E-state index in [2.05, 4.69) is 0 Å². The van der Waals surface area contributed by atoms with Crippen molar-refractivity contribution in [1.82, 2.24) is 23.0 Å². The van der Waals surface area contributed by atoms with E-state index in [1.54, 1.807) is 36.3 Å². The minimum absolute atomic E-state index is 0.108. The summed E-state index contributed by atoms with van der Waals surface area (Å²) >= 11 is 0. The Labute approximate surface area is 295 Å². The van der Waals surface area contributed by atoms with Gasteiger partial charge in [0.25, 0.3) is 11.8 Å². The molecule has 3 fully saturated rings. The Balaban J connectivity index is 1.25. The second-order valence-electron chi connectivity index (χ2n) is 13.6. The summed E-state index contributed by atoms with van der Waals surface area (Å²) in [6.45, 7) is 0.522. The molecule has 51 heavy (non-hydrogen) atoms. The molecule has 4 aliphatic rings. The highest BCUT2D eigenvalue weighted by Crippen LogP contribution is 2.38. The Hall–Kier alpha value is -3.92. The zero-order chi connectivity index (χ0) is 35.9. The second-order valence-corrected chi connectivity index (χ2v) is 15.4. The summed E-state index contributed by atoms with van der Waals surface area (Å²) in [5.74, 6) is -0.273. The first-order valence-corrected chi connectivity index (χ1v) is 18.8. The molecule has 15 heteroatoms. The number of fused-ring (bicyclic) bond motifs is 5. The number of methoxy groups -OCH3 is 1. The molecule has 3 aliphatic heterocycles. The van der Waals surface area contributed by atoms with Crippen LogP contribution >= 0.6 is 0 Å². The van der Waals surface area contributed by atoms with E-state index in [4.69, 9.17) is 9.47 Å². The second kappa shape index (κ2) is 14.2. The largest absolute Gasteiger partial charge is 0.497 e. The molecule has 2 aromatic carbocycles. The van der Waals surface area contributed by atoms with Gasteiger partial charge in [-0.2, -0.15) is 25.9 Å². The van der Waals surface area contributed by atoms with E-state index in [0.717, 1.165) is 45.8 Å². The number of nitrogens with zero attached hydrogens (tertiary/aromatic N) is 5. The van der Waals surface area contributed by atoms with Crippen LogP contribution in [-0.4, -0.2) is 122 Å². The highest BCUT2D eigenvalue weighted by atomic mass is 32.2. The molecule has 1 saturated carbocycles. The van der Waals surface area contributed by atoms with Gasteiger partial charge >= 0.3 is 16.4 Å². The van der Waals surface area contributed by atoms with Gasteiger partial charge in [0.2, 0.25) is 0 Å². The molecule has 0 atom stereocenters. The van der Waals surface area contributed by atoms with Crippen molar-refractivity contribution in [3.63, 3.8) is 0 Å². The maximum absolute atomic E-state index is 14.4. The Kier molecular flexibility index (Phi) is 9.91. The predicted molar refractivity (Wildman–Crippen MR) is 185 cm³/mol. The average molecular weight is 730 g/mol. The number of hydrogen-bond donors (Lipinski definition) is 0. The van der Waals surface area contributed by atoms with Crippen LogP contribution in [0.2, 0.25) is 0 Å². The number of piperazine rings is 1. The summed E-state index contributed by atoms with van der Waals surface area (Å²) in [6.07, 6.45) is 1.34. The van der Waals surface area contributed by atoms with Crippen molar-refractivity contribution in [2.45, 2.75) is 50.9 Å². The summed E-state index contributed by atoms with van der Waals surface area (Å²) in [4.78, 5) is 31.4. The highest BCUT2D eigenvalue weighted by Gasteiger charge is 2.40. The number of carbonyl (C=O) groups excluding carboxylic acids is 2. The molecule has 274 valence electrons. The van der Waals surface area contributed by atoms with Crippen molar-refractivity contribution in [2.75, 3.05) is 66.1 Å². The van der Waals surface area contributed by atoms with Gasteiger partial charge in [0.1, 0.15) is 5.75 Å². The number of hydrogen-bond acceptors (Lipinski definition) is 7. The number of carbonyl (C=O) groups is 2. The Morgan fingerprint density at radius 2 is 1.67 bits per heavy atom. The minimum atomic E-state index is -4.31. The van der Waals surface area contributed by atoms with Gasteiger partial charge in [-0.1, -0.05) is 25.3 Å². The lowest BCUT2D eigenvalue weighted by molar-refractivity contribution is -0.151. The fourth-order valence-corrected chi connectivity index (χ4v) is 9.47. The van der Waals surface area contributed by atoms with Gasteiger partial charge in [0, 0.05) is 72.9 Å². The van der Waals surface area contributed by atoms with E-state index in [-0.39, 0.29) is 70.5 Å². The molecule has 0 spiro atoms. The first-order valence-electron chi connectivity index (χ1n) is 17.5. The average Bonchev–Trinajstić information content (AvgIpc) is 3.39. The van der Waals surface area contributed by atoms with Crippen LogP contribution in [0.1, 0.15) is 48.0 Å². The molecule has 0 N–H and O–H groups in total. The van der Waals surface area contributed by atoms with E-state index >= 15 is 0 Å². The van der Waals surface area contributed by atoms with Crippen LogP contribution in [0.5, 0.6) is 5.75 Å². The lowest BCUT2D eigenvalue weighted by Gasteiger charge is -2.38. The number of aromatic nitrogens is 1. The maximum atomic E-state index is 14.4. The fraction of sp³-hybridized carbons (Fsp3) is 0.500. The summed E-state index contributed by atoms with van der Waals surface area (Å²) in [7, 11) is -2.58.